The van der Waals surface area contributed by atoms with Crippen LogP contribution in [0.15, 0.2) is 16.9 Å². The third-order valence-electron chi connectivity index (χ3n) is 1.19. The van der Waals surface area contributed by atoms with Crippen molar-refractivity contribution in [1.29, 1.82) is 0 Å². The molecule has 1 heterocycles. The molecule has 11 heavy (non-hydrogen) atoms. The van der Waals surface area contributed by atoms with Gasteiger partial charge in [0, 0.05) is 0 Å². The van der Waals surface area contributed by atoms with Crippen molar-refractivity contribution >= 4 is 11.8 Å². The van der Waals surface area contributed by atoms with Gasteiger partial charge in [-0.15, -0.1) is 0 Å². The lowest BCUT2D eigenvalue weighted by Gasteiger charge is -1.90. The Balaban J connectivity index is 3.16. The second-order valence-electron chi connectivity index (χ2n) is 1.93. The van der Waals surface area contributed by atoms with Gasteiger partial charge < -0.3 is 15.9 Å². The molecule has 0 saturated carbocycles. The molecule has 4 N–H and O–H groups in total. The van der Waals surface area contributed by atoms with Gasteiger partial charge in [0.05, 0.1) is 11.1 Å². The van der Waals surface area contributed by atoms with Gasteiger partial charge in [0.15, 0.2) is 0 Å². The molecule has 0 aliphatic heterocycles. The van der Waals surface area contributed by atoms with Crippen LogP contribution in [0.2, 0.25) is 0 Å². The second kappa shape index (κ2) is 2.45. The highest BCUT2D eigenvalue weighted by atomic mass is 16.3. The molecule has 0 aliphatic carbocycles. The lowest BCUT2D eigenvalue weighted by molar-refractivity contribution is 0.0968. The molecule has 5 heteroatoms. The van der Waals surface area contributed by atoms with Crippen molar-refractivity contribution in [2.75, 3.05) is 0 Å². The van der Waals surface area contributed by atoms with E-state index in [2.05, 4.69) is 4.42 Å². The number of carbonyl (C=O) groups excluding carboxylic acids is 2. The van der Waals surface area contributed by atoms with Gasteiger partial charge in [-0.05, 0) is 0 Å². The Labute approximate surface area is 62.0 Å². The van der Waals surface area contributed by atoms with Crippen molar-refractivity contribution in [2.45, 2.75) is 0 Å². The number of carbonyl (C=O) groups is 2. The first kappa shape index (κ1) is 7.33. The molecule has 0 saturated heterocycles. The van der Waals surface area contributed by atoms with E-state index in [1.54, 1.807) is 0 Å². The van der Waals surface area contributed by atoms with Crippen molar-refractivity contribution in [3.63, 3.8) is 0 Å². The SMILES string of the molecule is NC(=O)c1cocc1C(N)=O. The summed E-state index contributed by atoms with van der Waals surface area (Å²) in [6, 6.07) is 0. The Morgan fingerprint density at radius 2 is 1.45 bits per heavy atom. The summed E-state index contributed by atoms with van der Waals surface area (Å²) in [5, 5.41) is 0. The number of hydrogen-bond donors (Lipinski definition) is 2. The van der Waals surface area contributed by atoms with Crippen LogP contribution in [-0.4, -0.2) is 11.8 Å². The average Bonchev–Trinajstić information content (AvgIpc) is 2.32. The molecule has 0 bridgehead atoms. The standard InChI is InChI=1S/C6H6N2O3/c7-5(9)3-1-11-2-4(3)6(8)10/h1-2H,(H2,7,9)(H2,8,10). The fourth-order valence-electron chi connectivity index (χ4n) is 0.679. The van der Waals surface area contributed by atoms with Crippen LogP contribution >= 0.6 is 0 Å². The minimum Gasteiger partial charge on any atom is -0.471 e. The van der Waals surface area contributed by atoms with Crippen LogP contribution in [0.3, 0.4) is 0 Å². The molecule has 0 aliphatic rings. The van der Waals surface area contributed by atoms with Gasteiger partial charge in [0.1, 0.15) is 12.5 Å². The molecule has 0 fully saturated rings. The molecule has 0 atom stereocenters. The first-order valence-electron chi connectivity index (χ1n) is 2.78. The Hall–Kier alpha value is -1.78. The lowest BCUT2D eigenvalue weighted by Crippen LogP contribution is -2.18. The third kappa shape index (κ3) is 1.21. The van der Waals surface area contributed by atoms with E-state index in [0.717, 1.165) is 12.5 Å². The molecule has 1 aromatic heterocycles. The maximum Gasteiger partial charge on any atom is 0.252 e. The Morgan fingerprint density at radius 1 is 1.09 bits per heavy atom. The first-order chi connectivity index (χ1) is 5.13. The van der Waals surface area contributed by atoms with E-state index in [-0.39, 0.29) is 11.1 Å². The van der Waals surface area contributed by atoms with E-state index in [0.29, 0.717) is 0 Å². The smallest absolute Gasteiger partial charge is 0.252 e. The van der Waals surface area contributed by atoms with E-state index < -0.39 is 11.8 Å². The summed E-state index contributed by atoms with van der Waals surface area (Å²) in [7, 11) is 0. The van der Waals surface area contributed by atoms with E-state index in [4.69, 9.17) is 11.5 Å². The molecule has 0 unspecified atom stereocenters. The lowest BCUT2D eigenvalue weighted by atomic mass is 10.2. The van der Waals surface area contributed by atoms with Gasteiger partial charge >= 0.3 is 0 Å². The number of amides is 2. The summed E-state index contributed by atoms with van der Waals surface area (Å²) in [5.41, 5.74) is 9.80. The Morgan fingerprint density at radius 3 is 1.73 bits per heavy atom. The zero-order chi connectivity index (χ0) is 8.43. The van der Waals surface area contributed by atoms with Crippen LogP contribution in [0.4, 0.5) is 0 Å². The van der Waals surface area contributed by atoms with Crippen molar-refractivity contribution < 1.29 is 14.0 Å². The molecular weight excluding hydrogens is 148 g/mol. The first-order valence-corrected chi connectivity index (χ1v) is 2.78. The van der Waals surface area contributed by atoms with Crippen molar-refractivity contribution in [1.82, 2.24) is 0 Å². The predicted molar refractivity (Wildman–Crippen MR) is 35.7 cm³/mol. The van der Waals surface area contributed by atoms with Crippen LogP contribution in [0.1, 0.15) is 20.7 Å². The molecule has 58 valence electrons. The maximum atomic E-state index is 10.5. The van der Waals surface area contributed by atoms with Crippen LogP contribution in [0.5, 0.6) is 0 Å². The fraction of sp³-hybridized carbons (Fsp3) is 0. The average molecular weight is 154 g/mol. The highest BCUT2D eigenvalue weighted by molar-refractivity contribution is 6.05. The predicted octanol–water partition coefficient (Wildman–Crippen LogP) is -0.523. The normalized spacial score (nSPS) is 9.45. The van der Waals surface area contributed by atoms with Gasteiger partial charge in [0.25, 0.3) is 11.8 Å². The van der Waals surface area contributed by atoms with Crippen molar-refractivity contribution in [3.05, 3.63) is 23.7 Å². The summed E-state index contributed by atoms with van der Waals surface area (Å²) in [4.78, 5) is 21.1. The van der Waals surface area contributed by atoms with Gasteiger partial charge in [-0.25, -0.2) is 0 Å². The molecule has 0 spiro atoms. The molecular formula is C6H6N2O3. The molecule has 0 radical (unpaired) electrons. The van der Waals surface area contributed by atoms with Crippen LogP contribution in [-0.2, 0) is 0 Å². The summed E-state index contributed by atoms with van der Waals surface area (Å²) >= 11 is 0. The van der Waals surface area contributed by atoms with Gasteiger partial charge in [-0.3, -0.25) is 9.59 Å². The van der Waals surface area contributed by atoms with E-state index in [9.17, 15) is 9.59 Å². The van der Waals surface area contributed by atoms with Crippen molar-refractivity contribution in [3.8, 4) is 0 Å². The van der Waals surface area contributed by atoms with Gasteiger partial charge in [-0.1, -0.05) is 0 Å². The monoisotopic (exact) mass is 154 g/mol. The summed E-state index contributed by atoms with van der Waals surface area (Å²) < 4.78 is 4.57. The Bertz CT molecular complexity index is 274. The molecule has 0 aromatic carbocycles. The third-order valence-corrected chi connectivity index (χ3v) is 1.19. The number of primary amides is 2. The quantitative estimate of drug-likeness (QED) is 0.599. The maximum absolute atomic E-state index is 10.5. The van der Waals surface area contributed by atoms with Crippen LogP contribution in [0, 0.1) is 0 Å². The molecule has 2 amide bonds. The Kier molecular flexibility index (Phi) is 1.63. The largest absolute Gasteiger partial charge is 0.471 e. The van der Waals surface area contributed by atoms with Crippen LogP contribution < -0.4 is 11.5 Å². The number of rotatable bonds is 2. The highest BCUT2D eigenvalue weighted by Crippen LogP contribution is 2.07. The number of furan rings is 1. The van der Waals surface area contributed by atoms with Crippen LogP contribution in [0.25, 0.3) is 0 Å². The minimum atomic E-state index is -0.729. The molecule has 1 aromatic rings. The summed E-state index contributed by atoms with van der Waals surface area (Å²) in [6.45, 7) is 0. The minimum absolute atomic E-state index is 0.0116. The molecule has 1 rings (SSSR count). The fourth-order valence-corrected chi connectivity index (χ4v) is 0.679. The van der Waals surface area contributed by atoms with E-state index in [1.165, 1.54) is 0 Å². The van der Waals surface area contributed by atoms with Gasteiger partial charge in [0.2, 0.25) is 0 Å². The second-order valence-corrected chi connectivity index (χ2v) is 1.93. The number of hydrogen-bond acceptors (Lipinski definition) is 3. The number of nitrogens with two attached hydrogens (primary N) is 2. The van der Waals surface area contributed by atoms with E-state index >= 15 is 0 Å². The zero-order valence-electron chi connectivity index (χ0n) is 5.53. The van der Waals surface area contributed by atoms with E-state index in [1.807, 2.05) is 0 Å². The van der Waals surface area contributed by atoms with Crippen molar-refractivity contribution in [2.24, 2.45) is 11.5 Å². The van der Waals surface area contributed by atoms with Gasteiger partial charge in [-0.2, -0.15) is 0 Å². The topological polar surface area (TPSA) is 99.3 Å². The highest BCUT2D eigenvalue weighted by Gasteiger charge is 2.14. The summed E-state index contributed by atoms with van der Waals surface area (Å²) in [5.74, 6) is -1.46. The molecule has 5 nitrogen and oxygen atoms in total. The zero-order valence-corrected chi connectivity index (χ0v) is 5.53. The summed E-state index contributed by atoms with van der Waals surface area (Å²) in [6.07, 6.45) is 2.17.